The molecule has 0 unspecified atom stereocenters. The molecule has 4 rings (SSSR count). The molecule has 154 valence electrons. The van der Waals surface area contributed by atoms with Gasteiger partial charge in [0.2, 0.25) is 15.9 Å². The number of fused-ring (bicyclic) bond motifs is 1. The van der Waals surface area contributed by atoms with Crippen LogP contribution in [0.25, 0.3) is 0 Å². The van der Waals surface area contributed by atoms with Crippen LogP contribution in [0.2, 0.25) is 0 Å². The first-order valence-electron chi connectivity index (χ1n) is 10.1. The average molecular weight is 431 g/mol. The van der Waals surface area contributed by atoms with E-state index in [0.29, 0.717) is 13.0 Å². The minimum absolute atomic E-state index is 0.0641. The molecule has 5 nitrogen and oxygen atoms in total. The van der Waals surface area contributed by atoms with Crippen molar-refractivity contribution in [3.8, 4) is 0 Å². The van der Waals surface area contributed by atoms with Gasteiger partial charge >= 0.3 is 0 Å². The van der Waals surface area contributed by atoms with Crippen molar-refractivity contribution in [3.63, 3.8) is 0 Å². The summed E-state index contributed by atoms with van der Waals surface area (Å²) in [5.74, 6) is 0.755. The Bertz CT molecular complexity index is 989. The van der Waals surface area contributed by atoms with Crippen LogP contribution in [0.5, 0.6) is 0 Å². The molecule has 0 radical (unpaired) electrons. The van der Waals surface area contributed by atoms with Crippen molar-refractivity contribution in [3.05, 3.63) is 59.7 Å². The van der Waals surface area contributed by atoms with E-state index >= 15 is 0 Å². The lowest BCUT2D eigenvalue weighted by Crippen LogP contribution is -2.52. The second-order valence-electron chi connectivity index (χ2n) is 7.68. The standard InChI is InChI=1S/C22H26N2O3S2/c1-16-9-11-17(12-10-16)29(26,27)24-14-5-4-7-20(24)22(25)23-19-13-15-28-21-8-3-2-6-18(19)21/h2-3,6,8-12,19-20H,4-5,7,13-15H2,1H3,(H,23,25)/t19-,20+/m1/s1. The zero-order chi connectivity index (χ0) is 20.4. The van der Waals surface area contributed by atoms with Crippen molar-refractivity contribution in [1.29, 1.82) is 0 Å². The van der Waals surface area contributed by atoms with Crippen LogP contribution < -0.4 is 5.32 Å². The first-order valence-corrected chi connectivity index (χ1v) is 12.5. The zero-order valence-corrected chi connectivity index (χ0v) is 18.1. The molecule has 1 saturated heterocycles. The van der Waals surface area contributed by atoms with Gasteiger partial charge in [-0.15, -0.1) is 11.8 Å². The molecule has 2 heterocycles. The summed E-state index contributed by atoms with van der Waals surface area (Å²) in [6.07, 6.45) is 3.04. The van der Waals surface area contributed by atoms with Gasteiger partial charge in [-0.2, -0.15) is 4.31 Å². The number of piperidine rings is 1. The molecule has 1 amide bonds. The van der Waals surface area contributed by atoms with E-state index in [1.807, 2.05) is 25.1 Å². The van der Waals surface area contributed by atoms with Crippen LogP contribution in [0.15, 0.2) is 58.3 Å². The minimum atomic E-state index is -3.71. The van der Waals surface area contributed by atoms with Crippen LogP contribution in [-0.2, 0) is 14.8 Å². The van der Waals surface area contributed by atoms with Crippen molar-refractivity contribution in [2.45, 2.75) is 54.5 Å². The maximum absolute atomic E-state index is 13.2. The van der Waals surface area contributed by atoms with Gasteiger partial charge in [0, 0.05) is 17.2 Å². The molecule has 29 heavy (non-hydrogen) atoms. The number of carbonyl (C=O) groups is 1. The lowest BCUT2D eigenvalue weighted by molar-refractivity contribution is -0.126. The van der Waals surface area contributed by atoms with Gasteiger partial charge in [-0.1, -0.05) is 42.3 Å². The Hall–Kier alpha value is -1.83. The van der Waals surface area contributed by atoms with E-state index in [9.17, 15) is 13.2 Å². The van der Waals surface area contributed by atoms with Crippen LogP contribution in [0.1, 0.15) is 42.9 Å². The van der Waals surface area contributed by atoms with E-state index in [0.717, 1.165) is 36.1 Å². The van der Waals surface area contributed by atoms with Gasteiger partial charge in [0.1, 0.15) is 6.04 Å². The number of carbonyl (C=O) groups excluding carboxylic acids is 1. The Labute approximate surface area is 176 Å². The Morgan fingerprint density at radius 1 is 1.07 bits per heavy atom. The molecule has 2 aromatic carbocycles. The van der Waals surface area contributed by atoms with Gasteiger partial charge in [0.05, 0.1) is 10.9 Å². The second-order valence-corrected chi connectivity index (χ2v) is 10.7. The maximum atomic E-state index is 13.2. The van der Waals surface area contributed by atoms with E-state index < -0.39 is 16.1 Å². The third-order valence-corrected chi connectivity index (χ3v) is 8.70. The summed E-state index contributed by atoms with van der Waals surface area (Å²) in [6.45, 7) is 2.30. The van der Waals surface area contributed by atoms with Crippen LogP contribution in [-0.4, -0.2) is 37.0 Å². The number of amides is 1. The predicted molar refractivity (Wildman–Crippen MR) is 115 cm³/mol. The number of benzene rings is 2. The molecule has 1 N–H and O–H groups in total. The van der Waals surface area contributed by atoms with Crippen LogP contribution >= 0.6 is 11.8 Å². The fraction of sp³-hybridized carbons (Fsp3) is 0.409. The molecule has 0 bridgehead atoms. The number of hydrogen-bond acceptors (Lipinski definition) is 4. The van der Waals surface area contributed by atoms with Gasteiger partial charge in [0.25, 0.3) is 0 Å². The Morgan fingerprint density at radius 2 is 1.83 bits per heavy atom. The fourth-order valence-corrected chi connectivity index (χ4v) is 6.84. The lowest BCUT2D eigenvalue weighted by atomic mass is 10.0. The van der Waals surface area contributed by atoms with Crippen molar-refractivity contribution >= 4 is 27.7 Å². The third kappa shape index (κ3) is 4.22. The minimum Gasteiger partial charge on any atom is -0.348 e. The third-order valence-electron chi connectivity index (χ3n) is 5.66. The molecule has 2 aliphatic heterocycles. The molecule has 2 aromatic rings. The SMILES string of the molecule is Cc1ccc(S(=O)(=O)N2CCCC[C@H]2C(=O)N[C@@H]2CCSc3ccccc32)cc1. The van der Waals surface area contributed by atoms with E-state index in [4.69, 9.17) is 0 Å². The Balaban J connectivity index is 1.56. The highest BCUT2D eigenvalue weighted by atomic mass is 32.2. The first-order chi connectivity index (χ1) is 14.0. The summed E-state index contributed by atoms with van der Waals surface area (Å²) in [4.78, 5) is 14.6. The fourth-order valence-electron chi connectivity index (χ4n) is 4.06. The zero-order valence-electron chi connectivity index (χ0n) is 16.5. The molecule has 0 spiro atoms. The van der Waals surface area contributed by atoms with Gasteiger partial charge < -0.3 is 5.32 Å². The maximum Gasteiger partial charge on any atom is 0.243 e. The highest BCUT2D eigenvalue weighted by Crippen LogP contribution is 2.36. The number of rotatable bonds is 4. The topological polar surface area (TPSA) is 66.5 Å². The van der Waals surface area contributed by atoms with Crippen LogP contribution in [0, 0.1) is 6.92 Å². The second kappa shape index (κ2) is 8.50. The molecular weight excluding hydrogens is 404 g/mol. The summed E-state index contributed by atoms with van der Waals surface area (Å²) < 4.78 is 27.9. The van der Waals surface area contributed by atoms with Crippen molar-refractivity contribution < 1.29 is 13.2 Å². The molecule has 0 aromatic heterocycles. The van der Waals surface area contributed by atoms with Crippen molar-refractivity contribution in [2.24, 2.45) is 0 Å². The monoisotopic (exact) mass is 430 g/mol. The number of thioether (sulfide) groups is 1. The van der Waals surface area contributed by atoms with E-state index in [2.05, 4.69) is 11.4 Å². The molecule has 2 atom stereocenters. The summed E-state index contributed by atoms with van der Waals surface area (Å²) in [6, 6.07) is 14.2. The first kappa shape index (κ1) is 20.4. The molecule has 0 aliphatic carbocycles. The summed E-state index contributed by atoms with van der Waals surface area (Å²) >= 11 is 1.80. The highest BCUT2D eigenvalue weighted by molar-refractivity contribution is 7.99. The van der Waals surface area contributed by atoms with E-state index in [1.165, 1.54) is 9.20 Å². The van der Waals surface area contributed by atoms with Gasteiger partial charge in [-0.05, 0) is 49.9 Å². The number of sulfonamides is 1. The van der Waals surface area contributed by atoms with Gasteiger partial charge in [-0.3, -0.25) is 4.79 Å². The molecule has 7 heteroatoms. The molecule has 1 fully saturated rings. The lowest BCUT2D eigenvalue weighted by Gasteiger charge is -2.35. The van der Waals surface area contributed by atoms with Gasteiger partial charge in [-0.25, -0.2) is 8.42 Å². The normalized spacial score (nSPS) is 22.7. The smallest absolute Gasteiger partial charge is 0.243 e. The molecular formula is C22H26N2O3S2. The largest absolute Gasteiger partial charge is 0.348 e. The van der Waals surface area contributed by atoms with E-state index in [-0.39, 0.29) is 16.8 Å². The number of nitrogens with zero attached hydrogens (tertiary/aromatic N) is 1. The summed E-state index contributed by atoms with van der Waals surface area (Å²) in [5, 5.41) is 3.15. The Kier molecular flexibility index (Phi) is 5.99. The highest BCUT2D eigenvalue weighted by Gasteiger charge is 2.38. The summed E-state index contributed by atoms with van der Waals surface area (Å²) in [5.41, 5.74) is 2.13. The number of hydrogen-bond donors (Lipinski definition) is 1. The van der Waals surface area contributed by atoms with Crippen molar-refractivity contribution in [1.82, 2.24) is 9.62 Å². The van der Waals surface area contributed by atoms with Crippen molar-refractivity contribution in [2.75, 3.05) is 12.3 Å². The number of nitrogens with one attached hydrogen (secondary N) is 1. The predicted octanol–water partition coefficient (Wildman–Crippen LogP) is 3.89. The summed E-state index contributed by atoms with van der Waals surface area (Å²) in [7, 11) is -3.71. The quantitative estimate of drug-likeness (QED) is 0.799. The molecule has 2 aliphatic rings. The van der Waals surface area contributed by atoms with Gasteiger partial charge in [0.15, 0.2) is 0 Å². The Morgan fingerprint density at radius 3 is 2.62 bits per heavy atom. The average Bonchev–Trinajstić information content (AvgIpc) is 2.74. The van der Waals surface area contributed by atoms with Crippen LogP contribution in [0.3, 0.4) is 0 Å². The van der Waals surface area contributed by atoms with E-state index in [1.54, 1.807) is 36.0 Å². The molecule has 0 saturated carbocycles. The number of aryl methyl sites for hydroxylation is 1. The van der Waals surface area contributed by atoms with Crippen LogP contribution in [0.4, 0.5) is 0 Å².